The molecule has 0 aliphatic carbocycles. The third-order valence-electron chi connectivity index (χ3n) is 4.57. The van der Waals surface area contributed by atoms with Gasteiger partial charge in [-0.3, -0.25) is 0 Å². The van der Waals surface area contributed by atoms with Crippen molar-refractivity contribution in [3.8, 4) is 0 Å². The summed E-state index contributed by atoms with van der Waals surface area (Å²) in [5, 5.41) is 2.21. The van der Waals surface area contributed by atoms with E-state index >= 15 is 0 Å². The van der Waals surface area contributed by atoms with Crippen molar-refractivity contribution in [3.05, 3.63) is 121 Å². The van der Waals surface area contributed by atoms with E-state index in [4.69, 9.17) is 0 Å². The Hall–Kier alpha value is -1.78. The Bertz CT molecular complexity index is 1130. The molecule has 0 aliphatic rings. The van der Waals surface area contributed by atoms with Crippen molar-refractivity contribution in [1.82, 2.24) is 2.65 Å². The van der Waals surface area contributed by atoms with E-state index in [0.29, 0.717) is 15.9 Å². The summed E-state index contributed by atoms with van der Waals surface area (Å²) >= 11 is 2.12. The first-order valence-corrected chi connectivity index (χ1v) is 13.0. The first-order chi connectivity index (χ1) is 15.1. The molecule has 1 atom stereocenters. The van der Waals surface area contributed by atoms with Crippen LogP contribution < -0.4 is 21.2 Å². The van der Waals surface area contributed by atoms with Crippen LogP contribution in [0.15, 0.2) is 103 Å². The smallest absolute Gasteiger partial charge is 0.132 e. The molecule has 0 heterocycles. The molecule has 1 nitrogen and oxygen atoms in total. The van der Waals surface area contributed by atoms with Gasteiger partial charge in [0.05, 0.1) is 0 Å². The maximum atomic E-state index is 15.0. The fourth-order valence-corrected chi connectivity index (χ4v) is 11.1. The van der Waals surface area contributed by atoms with Crippen LogP contribution >= 0.6 is 39.0 Å². The van der Waals surface area contributed by atoms with Gasteiger partial charge in [0, 0.05) is 54.9 Å². The summed E-state index contributed by atoms with van der Waals surface area (Å²) in [5.41, 5.74) is 0. The molecule has 0 fully saturated rings. The normalized spacial score (nSPS) is 12.3. The van der Waals surface area contributed by atoms with Gasteiger partial charge in [-0.15, -0.1) is 0 Å². The van der Waals surface area contributed by atoms with Gasteiger partial charge >= 0.3 is 0 Å². The van der Waals surface area contributed by atoms with Crippen LogP contribution in [0, 0.1) is 17.5 Å². The molecule has 4 rings (SSSR count). The molecule has 0 N–H and O–H groups in total. The van der Waals surface area contributed by atoms with Gasteiger partial charge in [0.2, 0.25) is 0 Å². The average molecular weight is 565 g/mol. The van der Waals surface area contributed by atoms with Gasteiger partial charge in [-0.1, -0.05) is 66.7 Å². The standard InChI is InChI=1S/C24H17F3INP2/c25-19-12-4-7-15-22(19)30(18-10-2-1-3-11-18)29(28)31(23-16-8-5-13-20(23)26)24-17-9-6-14-21(24)27/h1-17H. The summed E-state index contributed by atoms with van der Waals surface area (Å²) < 4.78 is 46.8. The molecule has 0 saturated heterocycles. The highest BCUT2D eigenvalue weighted by molar-refractivity contribution is 14.1. The van der Waals surface area contributed by atoms with Crippen LogP contribution in [0.4, 0.5) is 13.2 Å². The van der Waals surface area contributed by atoms with Gasteiger partial charge in [-0.2, -0.15) is 2.65 Å². The number of hydrogen-bond donors (Lipinski definition) is 0. The quantitative estimate of drug-likeness (QED) is 0.154. The molecule has 0 bridgehead atoms. The molecule has 0 aromatic heterocycles. The SMILES string of the molecule is Fc1ccccc1P(c1ccccc1)N(I)P(c1ccccc1F)c1ccccc1F. The van der Waals surface area contributed by atoms with E-state index < -0.39 is 27.8 Å². The summed E-state index contributed by atoms with van der Waals surface area (Å²) in [4.78, 5) is 0. The second-order valence-corrected chi connectivity index (χ2v) is 13.4. The number of benzene rings is 4. The highest BCUT2D eigenvalue weighted by Gasteiger charge is 2.34. The monoisotopic (exact) mass is 565 g/mol. The van der Waals surface area contributed by atoms with Crippen LogP contribution in [-0.4, -0.2) is 2.65 Å². The molecule has 0 radical (unpaired) electrons. The lowest BCUT2D eigenvalue weighted by molar-refractivity contribution is 0.634. The Morgan fingerprint density at radius 2 is 0.839 bits per heavy atom. The van der Waals surface area contributed by atoms with Crippen molar-refractivity contribution in [3.63, 3.8) is 0 Å². The fraction of sp³-hybridized carbons (Fsp3) is 0. The second kappa shape index (κ2) is 10.2. The second-order valence-electron chi connectivity index (χ2n) is 6.55. The van der Waals surface area contributed by atoms with E-state index in [1.54, 1.807) is 54.6 Å². The molecule has 0 saturated carbocycles. The summed E-state index contributed by atoms with van der Waals surface area (Å²) in [6, 6.07) is 29.0. The highest BCUT2D eigenvalue weighted by Crippen LogP contribution is 2.58. The maximum Gasteiger partial charge on any atom is 0.132 e. The van der Waals surface area contributed by atoms with Gasteiger partial charge in [0.1, 0.15) is 17.5 Å². The third kappa shape index (κ3) is 4.85. The van der Waals surface area contributed by atoms with Gasteiger partial charge in [0.15, 0.2) is 0 Å². The summed E-state index contributed by atoms with van der Waals surface area (Å²) in [6.45, 7) is 0. The van der Waals surface area contributed by atoms with Crippen LogP contribution in [0.1, 0.15) is 0 Å². The third-order valence-corrected chi connectivity index (χ3v) is 12.1. The van der Waals surface area contributed by atoms with Crippen LogP contribution in [0.3, 0.4) is 0 Å². The Kier molecular flexibility index (Phi) is 7.39. The zero-order chi connectivity index (χ0) is 21.8. The van der Waals surface area contributed by atoms with E-state index in [1.807, 2.05) is 33.0 Å². The molecular formula is C24H17F3INP2. The molecule has 0 spiro atoms. The van der Waals surface area contributed by atoms with Crippen molar-refractivity contribution in [1.29, 1.82) is 0 Å². The molecule has 0 amide bonds. The van der Waals surface area contributed by atoms with Gasteiger partial charge < -0.3 is 0 Å². The lowest BCUT2D eigenvalue weighted by atomic mass is 10.3. The number of halogens is 4. The summed E-state index contributed by atoms with van der Waals surface area (Å²) in [7, 11) is -3.02. The molecule has 31 heavy (non-hydrogen) atoms. The summed E-state index contributed by atoms with van der Waals surface area (Å²) in [6.07, 6.45) is 0. The average Bonchev–Trinajstić information content (AvgIpc) is 2.79. The summed E-state index contributed by atoms with van der Waals surface area (Å²) in [5.74, 6) is -1.15. The minimum Gasteiger partial charge on any atom is -0.206 e. The van der Waals surface area contributed by atoms with E-state index in [1.165, 1.54) is 18.2 Å². The van der Waals surface area contributed by atoms with Crippen LogP contribution in [0.2, 0.25) is 0 Å². The Morgan fingerprint density at radius 3 is 1.26 bits per heavy atom. The number of hydrogen-bond acceptors (Lipinski definition) is 1. The zero-order valence-electron chi connectivity index (χ0n) is 16.2. The van der Waals surface area contributed by atoms with Crippen molar-refractivity contribution >= 4 is 60.2 Å². The van der Waals surface area contributed by atoms with Crippen molar-refractivity contribution in [2.75, 3.05) is 0 Å². The van der Waals surface area contributed by atoms with Gasteiger partial charge in [-0.25, -0.2) is 13.2 Å². The van der Waals surface area contributed by atoms with Gasteiger partial charge in [-0.05, 0) is 41.7 Å². The molecule has 1 unspecified atom stereocenters. The molecule has 4 aromatic carbocycles. The van der Waals surface area contributed by atoms with E-state index in [2.05, 4.69) is 22.9 Å². The lowest BCUT2D eigenvalue weighted by Gasteiger charge is -2.34. The predicted octanol–water partition coefficient (Wildman–Crippen LogP) is 6.15. The van der Waals surface area contributed by atoms with E-state index in [9.17, 15) is 13.2 Å². The molecule has 7 heteroatoms. The molecule has 4 aromatic rings. The van der Waals surface area contributed by atoms with E-state index in [0.717, 1.165) is 5.30 Å². The number of nitrogens with zero attached hydrogens (tertiary/aromatic N) is 1. The Labute approximate surface area is 196 Å². The first-order valence-electron chi connectivity index (χ1n) is 9.42. The molecule has 156 valence electrons. The number of rotatable bonds is 6. The van der Waals surface area contributed by atoms with Crippen LogP contribution in [0.25, 0.3) is 0 Å². The van der Waals surface area contributed by atoms with Gasteiger partial charge in [0.25, 0.3) is 0 Å². The first kappa shape index (κ1) is 22.4. The van der Waals surface area contributed by atoms with Crippen molar-refractivity contribution in [2.45, 2.75) is 0 Å². The largest absolute Gasteiger partial charge is 0.206 e. The van der Waals surface area contributed by atoms with Crippen LogP contribution in [0.5, 0.6) is 0 Å². The lowest BCUT2D eigenvalue weighted by Crippen LogP contribution is -2.29. The Balaban J connectivity index is 1.93. The molecular weight excluding hydrogens is 548 g/mol. The predicted molar refractivity (Wildman–Crippen MR) is 134 cm³/mol. The van der Waals surface area contributed by atoms with E-state index in [-0.39, 0.29) is 5.82 Å². The molecule has 0 aliphatic heterocycles. The topological polar surface area (TPSA) is 3.24 Å². The zero-order valence-corrected chi connectivity index (χ0v) is 20.1. The van der Waals surface area contributed by atoms with Crippen molar-refractivity contribution in [2.24, 2.45) is 0 Å². The van der Waals surface area contributed by atoms with Crippen molar-refractivity contribution < 1.29 is 13.2 Å². The van der Waals surface area contributed by atoms with Crippen LogP contribution in [-0.2, 0) is 0 Å². The maximum absolute atomic E-state index is 15.0. The highest BCUT2D eigenvalue weighted by atomic mass is 127. The minimum atomic E-state index is -1.62. The fourth-order valence-electron chi connectivity index (χ4n) is 3.16. The Morgan fingerprint density at radius 1 is 0.484 bits per heavy atom. The minimum absolute atomic E-state index is 0.337.